The number of hydrogen-bond donors (Lipinski definition) is 9. The zero-order valence-corrected chi connectivity index (χ0v) is 31.0. The Morgan fingerprint density at radius 2 is 1.22 bits per heavy atom. The van der Waals surface area contributed by atoms with Crippen molar-refractivity contribution in [1.29, 1.82) is 0 Å². The maximum absolute atomic E-state index is 12.7. The predicted octanol–water partition coefficient (Wildman–Crippen LogP) is -6.40. The van der Waals surface area contributed by atoms with Crippen LogP contribution in [0.3, 0.4) is 0 Å². The summed E-state index contributed by atoms with van der Waals surface area (Å²) in [6.07, 6.45) is 1.55. The third-order valence-corrected chi connectivity index (χ3v) is 7.47. The van der Waals surface area contributed by atoms with Gasteiger partial charge in [0, 0.05) is 32.5 Å². The fourth-order valence-electron chi connectivity index (χ4n) is 4.58. The lowest BCUT2D eigenvalue weighted by Crippen LogP contribution is -2.53. The van der Waals surface area contributed by atoms with Gasteiger partial charge in [-0.05, 0) is 12.8 Å². The normalized spacial score (nSPS) is 14.3. The second-order valence-electron chi connectivity index (χ2n) is 11.9. The fourth-order valence-corrected chi connectivity index (χ4v) is 4.58. The summed E-state index contributed by atoms with van der Waals surface area (Å²) >= 11 is 0. The maximum Gasteiger partial charge on any atom is 0.246 e. The number of imide groups is 1. The summed E-state index contributed by atoms with van der Waals surface area (Å²) in [7, 11) is 0. The van der Waals surface area contributed by atoms with E-state index >= 15 is 0 Å². The Balaban J connectivity index is 2.05. The van der Waals surface area contributed by atoms with Crippen LogP contribution in [-0.2, 0) is 62.1 Å². The quantitative estimate of drug-likeness (QED) is 0.0221. The second-order valence-corrected chi connectivity index (χ2v) is 11.9. The van der Waals surface area contributed by atoms with E-state index in [1.165, 1.54) is 0 Å². The molecule has 0 saturated carbocycles. The number of nitrogens with two attached hydrogens (primary N) is 3. The lowest BCUT2D eigenvalue weighted by Gasteiger charge is -2.19. The van der Waals surface area contributed by atoms with E-state index in [0.717, 1.165) is 4.90 Å². The molecule has 12 N–H and O–H groups in total. The molecule has 0 aromatic heterocycles. The van der Waals surface area contributed by atoms with Crippen LogP contribution in [0, 0.1) is 0 Å². The third kappa shape index (κ3) is 24.3. The number of carbonyl (C=O) groups is 9. The number of unbranched alkanes of at least 4 members (excludes halogenated alkanes) is 2. The van der Waals surface area contributed by atoms with Crippen LogP contribution < -0.4 is 49.1 Å². The molecule has 1 aliphatic rings. The van der Waals surface area contributed by atoms with E-state index in [1.54, 1.807) is 0 Å². The van der Waals surface area contributed by atoms with Gasteiger partial charge in [0.25, 0.3) is 0 Å². The fraction of sp³-hybridized carbons (Fsp3) is 0.719. The number of nitrogens with zero attached hydrogens (tertiary/aromatic N) is 1. The molecular formula is C32H56N10O13. The van der Waals surface area contributed by atoms with Gasteiger partial charge in [-0.15, -0.1) is 0 Å². The van der Waals surface area contributed by atoms with Crippen molar-refractivity contribution >= 4 is 53.2 Å². The first-order valence-corrected chi connectivity index (χ1v) is 17.9. The van der Waals surface area contributed by atoms with Crippen LogP contribution in [0.25, 0.3) is 0 Å². The number of carbonyl (C=O) groups excluding carboxylic acids is 9. The van der Waals surface area contributed by atoms with E-state index in [-0.39, 0.29) is 110 Å². The molecule has 1 saturated heterocycles. The average Bonchev–Trinajstić information content (AvgIpc) is 3.42. The summed E-state index contributed by atoms with van der Waals surface area (Å²) in [4.78, 5) is 107. The Kier molecular flexibility index (Phi) is 25.9. The highest BCUT2D eigenvalue weighted by molar-refractivity contribution is 6.05. The molecule has 0 aliphatic carbocycles. The van der Waals surface area contributed by atoms with Crippen molar-refractivity contribution in [2.24, 2.45) is 17.2 Å². The number of likely N-dealkylation sites (tertiary alicyclic amines) is 1. The summed E-state index contributed by atoms with van der Waals surface area (Å²) in [6.45, 7) is 1.18. The van der Waals surface area contributed by atoms with Gasteiger partial charge < -0.3 is 68.0 Å². The highest BCUT2D eigenvalue weighted by atomic mass is 16.6. The van der Waals surface area contributed by atoms with Gasteiger partial charge in [0.05, 0.1) is 91.5 Å². The molecular weight excluding hydrogens is 732 g/mol. The first-order valence-electron chi connectivity index (χ1n) is 17.9. The zero-order chi connectivity index (χ0) is 40.8. The molecule has 2 atom stereocenters. The van der Waals surface area contributed by atoms with Gasteiger partial charge in [0.15, 0.2) is 0 Å². The van der Waals surface area contributed by atoms with Gasteiger partial charge >= 0.3 is 0 Å². The largest absolute Gasteiger partial charge is 0.379 e. The van der Waals surface area contributed by atoms with E-state index < -0.39 is 53.4 Å². The second kappa shape index (κ2) is 29.5. The van der Waals surface area contributed by atoms with Gasteiger partial charge in [0.1, 0.15) is 6.04 Å². The van der Waals surface area contributed by atoms with Crippen LogP contribution in [-0.4, -0.2) is 169 Å². The van der Waals surface area contributed by atoms with Gasteiger partial charge in [-0.25, -0.2) is 0 Å². The molecule has 1 rings (SSSR count). The monoisotopic (exact) mass is 788 g/mol. The molecule has 0 spiro atoms. The first kappa shape index (κ1) is 48.2. The average molecular weight is 789 g/mol. The molecule has 23 heteroatoms. The Labute approximate surface area is 318 Å². The molecule has 0 radical (unpaired) electrons. The molecule has 1 fully saturated rings. The Bertz CT molecular complexity index is 1270. The lowest BCUT2D eigenvalue weighted by atomic mass is 10.2. The van der Waals surface area contributed by atoms with E-state index in [1.807, 2.05) is 0 Å². The smallest absolute Gasteiger partial charge is 0.246 e. The molecule has 1 aliphatic heterocycles. The van der Waals surface area contributed by atoms with Crippen molar-refractivity contribution in [1.82, 2.24) is 36.8 Å². The zero-order valence-electron chi connectivity index (χ0n) is 31.0. The van der Waals surface area contributed by atoms with E-state index in [9.17, 15) is 43.2 Å². The summed E-state index contributed by atoms with van der Waals surface area (Å²) in [5.41, 5.74) is 15.5. The summed E-state index contributed by atoms with van der Waals surface area (Å²) in [5, 5.41) is 14.9. The van der Waals surface area contributed by atoms with E-state index in [0.29, 0.717) is 39.1 Å². The number of amides is 9. The minimum atomic E-state index is -1.13. The van der Waals surface area contributed by atoms with Gasteiger partial charge in [-0.3, -0.25) is 48.1 Å². The van der Waals surface area contributed by atoms with E-state index in [2.05, 4.69) is 31.9 Å². The standard InChI is InChI=1S/C32H56N10O13/c33-17-27(46)39-21-29(48)40-20-28(47)36-6-9-53-11-13-55-15-14-54-12-10-52-8-5-26(45)41-23(31(35)50)18-37-22-16-30(49)42(32(22)51)7-3-1-2-4-25(44)38-19-24(34)43/h22-23,37H,1-21,33H2,(H2,34,43)(H2,35,50)(H,36,47)(H,38,44)(H,39,46)(H,40,48)(H,41,45)/t22?,23-/m0/s1. The Morgan fingerprint density at radius 3 is 1.82 bits per heavy atom. The van der Waals surface area contributed by atoms with Crippen molar-refractivity contribution in [3.63, 3.8) is 0 Å². The van der Waals surface area contributed by atoms with Gasteiger partial charge in [0.2, 0.25) is 53.2 Å². The van der Waals surface area contributed by atoms with Crippen LogP contribution in [0.5, 0.6) is 0 Å². The van der Waals surface area contributed by atoms with Crippen LogP contribution in [0.4, 0.5) is 0 Å². The minimum absolute atomic E-state index is 0.0501. The minimum Gasteiger partial charge on any atom is -0.379 e. The Morgan fingerprint density at radius 1 is 0.655 bits per heavy atom. The summed E-state index contributed by atoms with van der Waals surface area (Å²) in [6, 6.07) is -2.00. The van der Waals surface area contributed by atoms with Crippen LogP contribution in [0.1, 0.15) is 38.5 Å². The number of rotatable bonds is 33. The van der Waals surface area contributed by atoms with Crippen LogP contribution >= 0.6 is 0 Å². The molecule has 1 heterocycles. The van der Waals surface area contributed by atoms with Crippen molar-refractivity contribution in [3.8, 4) is 0 Å². The predicted molar refractivity (Wildman–Crippen MR) is 191 cm³/mol. The first-order chi connectivity index (χ1) is 26.3. The van der Waals surface area contributed by atoms with Crippen molar-refractivity contribution in [2.45, 2.75) is 50.6 Å². The molecule has 55 heavy (non-hydrogen) atoms. The summed E-state index contributed by atoms with van der Waals surface area (Å²) in [5.74, 6) is -4.54. The molecule has 0 aromatic carbocycles. The molecule has 0 aromatic rings. The van der Waals surface area contributed by atoms with Gasteiger partial charge in [-0.2, -0.15) is 0 Å². The highest BCUT2D eigenvalue weighted by Gasteiger charge is 2.38. The topological polar surface area (TPSA) is 344 Å². The van der Waals surface area contributed by atoms with Crippen molar-refractivity contribution in [2.75, 3.05) is 98.7 Å². The van der Waals surface area contributed by atoms with Crippen LogP contribution in [0.15, 0.2) is 0 Å². The third-order valence-electron chi connectivity index (χ3n) is 7.47. The van der Waals surface area contributed by atoms with Crippen molar-refractivity contribution < 1.29 is 62.1 Å². The molecule has 9 amide bonds. The SMILES string of the molecule is NCC(=O)NCC(=O)NCC(=O)NCCOCCOCCOCCOCCC(=O)N[C@@H](CNC1CC(=O)N(CCCCCC(=O)NCC(N)=O)C1=O)C(N)=O. The van der Waals surface area contributed by atoms with E-state index in [4.69, 9.17) is 36.1 Å². The molecule has 23 nitrogen and oxygen atoms in total. The van der Waals surface area contributed by atoms with Gasteiger partial charge in [-0.1, -0.05) is 6.42 Å². The number of ether oxygens (including phenoxy) is 4. The molecule has 1 unspecified atom stereocenters. The highest BCUT2D eigenvalue weighted by Crippen LogP contribution is 2.15. The number of primary amides is 2. The molecule has 312 valence electrons. The van der Waals surface area contributed by atoms with Crippen molar-refractivity contribution in [3.05, 3.63) is 0 Å². The Hall–Kier alpha value is -4.81. The number of nitrogens with one attached hydrogen (secondary N) is 6. The van der Waals surface area contributed by atoms with Crippen LogP contribution in [0.2, 0.25) is 0 Å². The lowest BCUT2D eigenvalue weighted by molar-refractivity contribution is -0.139. The molecule has 0 bridgehead atoms. The number of hydrogen-bond acceptors (Lipinski definition) is 15. The maximum atomic E-state index is 12.7. The summed E-state index contributed by atoms with van der Waals surface area (Å²) < 4.78 is 21.5.